The Morgan fingerprint density at radius 3 is 2.81 bits per heavy atom. The smallest absolute Gasteiger partial charge is 0.433 e. The molecule has 1 fully saturated rings. The molecular formula is C20H16F3N5O3. The first-order valence-corrected chi connectivity index (χ1v) is 9.57. The zero-order chi connectivity index (χ0) is 21.8. The summed E-state index contributed by atoms with van der Waals surface area (Å²) in [6.07, 6.45) is -0.854. The number of hydrogen-bond donors (Lipinski definition) is 0. The predicted molar refractivity (Wildman–Crippen MR) is 99.9 cm³/mol. The van der Waals surface area contributed by atoms with Gasteiger partial charge in [0, 0.05) is 12.6 Å². The summed E-state index contributed by atoms with van der Waals surface area (Å²) >= 11 is 0. The Bertz CT molecular complexity index is 1260. The number of fused-ring (bicyclic) bond motifs is 1. The van der Waals surface area contributed by atoms with E-state index in [1.54, 1.807) is 24.0 Å². The SMILES string of the molecule is Cc1cc(C2CCCN2C(=O)c2cnn3c(C(F)(F)F)cc(-c4ccco4)nc23)on1. The number of halogens is 3. The lowest BCUT2D eigenvalue weighted by Gasteiger charge is -2.22. The van der Waals surface area contributed by atoms with Crippen molar-refractivity contribution < 1.29 is 26.9 Å². The normalized spacial score (nSPS) is 17.0. The molecule has 0 N–H and O–H groups in total. The van der Waals surface area contributed by atoms with E-state index in [0.717, 1.165) is 18.7 Å². The number of carbonyl (C=O) groups excluding carboxylic acids is 1. The van der Waals surface area contributed by atoms with Crippen LogP contribution in [0.25, 0.3) is 17.1 Å². The van der Waals surface area contributed by atoms with Gasteiger partial charge in [0.05, 0.1) is 24.2 Å². The summed E-state index contributed by atoms with van der Waals surface area (Å²) in [7, 11) is 0. The molecule has 31 heavy (non-hydrogen) atoms. The molecule has 1 unspecified atom stereocenters. The number of furan rings is 1. The van der Waals surface area contributed by atoms with Crippen LogP contribution in [0.2, 0.25) is 0 Å². The maximum absolute atomic E-state index is 13.7. The number of aryl methyl sites for hydroxylation is 1. The van der Waals surface area contributed by atoms with Gasteiger partial charge >= 0.3 is 6.18 Å². The predicted octanol–water partition coefficient (Wildman–Crippen LogP) is 4.28. The number of amides is 1. The van der Waals surface area contributed by atoms with Crippen LogP contribution in [0, 0.1) is 6.92 Å². The lowest BCUT2D eigenvalue weighted by Crippen LogP contribution is -2.30. The molecule has 1 atom stereocenters. The minimum Gasteiger partial charge on any atom is -0.463 e. The molecule has 4 aromatic heterocycles. The molecule has 0 saturated carbocycles. The highest BCUT2D eigenvalue weighted by Gasteiger charge is 2.38. The van der Waals surface area contributed by atoms with Gasteiger partial charge in [-0.25, -0.2) is 9.50 Å². The van der Waals surface area contributed by atoms with Gasteiger partial charge in [0.2, 0.25) is 0 Å². The van der Waals surface area contributed by atoms with E-state index in [0.29, 0.717) is 28.9 Å². The van der Waals surface area contributed by atoms with Crippen LogP contribution < -0.4 is 0 Å². The maximum Gasteiger partial charge on any atom is 0.433 e. The Hall–Kier alpha value is -3.63. The Kier molecular flexibility index (Phi) is 4.34. The molecule has 1 amide bonds. The third kappa shape index (κ3) is 3.25. The van der Waals surface area contributed by atoms with E-state index in [9.17, 15) is 18.0 Å². The lowest BCUT2D eigenvalue weighted by atomic mass is 10.1. The topological polar surface area (TPSA) is 89.7 Å². The highest BCUT2D eigenvalue weighted by molar-refractivity contribution is 6.00. The minimum atomic E-state index is -4.71. The molecule has 1 aliphatic heterocycles. The van der Waals surface area contributed by atoms with E-state index in [1.165, 1.54) is 12.3 Å². The van der Waals surface area contributed by atoms with Gasteiger partial charge in [-0.15, -0.1) is 0 Å². The summed E-state index contributed by atoms with van der Waals surface area (Å²) < 4.78 is 52.3. The van der Waals surface area contributed by atoms with E-state index in [-0.39, 0.29) is 28.7 Å². The van der Waals surface area contributed by atoms with Crippen LogP contribution >= 0.6 is 0 Å². The van der Waals surface area contributed by atoms with Crippen LogP contribution in [0.4, 0.5) is 13.2 Å². The molecule has 1 saturated heterocycles. The summed E-state index contributed by atoms with van der Waals surface area (Å²) in [5.41, 5.74) is -0.618. The average Bonchev–Trinajstić information content (AvgIpc) is 3.51. The first kappa shape index (κ1) is 19.3. The van der Waals surface area contributed by atoms with Crippen molar-refractivity contribution in [1.82, 2.24) is 24.7 Å². The zero-order valence-corrected chi connectivity index (χ0v) is 16.3. The van der Waals surface area contributed by atoms with Gasteiger partial charge in [-0.3, -0.25) is 4.79 Å². The molecule has 11 heteroatoms. The van der Waals surface area contributed by atoms with Crippen LogP contribution in [0.15, 0.2) is 45.7 Å². The summed E-state index contributed by atoms with van der Waals surface area (Å²) in [6.45, 7) is 2.21. The zero-order valence-electron chi connectivity index (χ0n) is 16.3. The molecule has 4 aromatic rings. The van der Waals surface area contributed by atoms with Gasteiger partial charge in [-0.2, -0.15) is 18.3 Å². The van der Waals surface area contributed by atoms with Crippen LogP contribution in [0.5, 0.6) is 0 Å². The maximum atomic E-state index is 13.7. The summed E-state index contributed by atoms with van der Waals surface area (Å²) in [5, 5.41) is 7.69. The molecule has 0 spiro atoms. The molecular weight excluding hydrogens is 415 g/mol. The Balaban J connectivity index is 1.61. The second-order valence-corrected chi connectivity index (χ2v) is 7.32. The molecule has 0 aromatic carbocycles. The third-order valence-electron chi connectivity index (χ3n) is 5.25. The van der Waals surface area contributed by atoms with E-state index in [1.807, 2.05) is 0 Å². The molecule has 0 aliphatic carbocycles. The highest BCUT2D eigenvalue weighted by atomic mass is 19.4. The van der Waals surface area contributed by atoms with E-state index >= 15 is 0 Å². The van der Waals surface area contributed by atoms with Crippen molar-refractivity contribution in [3.05, 3.63) is 59.4 Å². The number of alkyl halides is 3. The van der Waals surface area contributed by atoms with Crippen LogP contribution in [-0.4, -0.2) is 37.1 Å². The molecule has 5 heterocycles. The Labute approximate surface area is 173 Å². The fourth-order valence-corrected chi connectivity index (χ4v) is 3.87. The Morgan fingerprint density at radius 2 is 2.13 bits per heavy atom. The van der Waals surface area contributed by atoms with E-state index in [2.05, 4.69) is 15.2 Å². The fraction of sp³-hybridized carbons (Fsp3) is 0.300. The van der Waals surface area contributed by atoms with Crippen molar-refractivity contribution in [3.63, 3.8) is 0 Å². The summed E-state index contributed by atoms with van der Waals surface area (Å²) in [5.74, 6) is 0.229. The lowest BCUT2D eigenvalue weighted by molar-refractivity contribution is -0.142. The van der Waals surface area contributed by atoms with Gasteiger partial charge in [0.25, 0.3) is 5.91 Å². The van der Waals surface area contributed by atoms with Gasteiger partial charge in [0.1, 0.15) is 11.3 Å². The third-order valence-corrected chi connectivity index (χ3v) is 5.25. The van der Waals surface area contributed by atoms with Gasteiger partial charge < -0.3 is 13.8 Å². The summed E-state index contributed by atoms with van der Waals surface area (Å²) in [6, 6.07) is 5.30. The standard InChI is InChI=1S/C20H16F3N5O3/c1-11-8-16(31-26-11)14-4-2-6-27(14)19(29)12-10-24-28-17(20(21,22)23)9-13(25-18(12)28)15-5-3-7-30-15/h3,5,7-10,14H,2,4,6H2,1H3. The van der Waals surface area contributed by atoms with Crippen LogP contribution in [0.3, 0.4) is 0 Å². The van der Waals surface area contributed by atoms with E-state index < -0.39 is 17.8 Å². The van der Waals surface area contributed by atoms with Crippen molar-refractivity contribution in [3.8, 4) is 11.5 Å². The molecule has 1 aliphatic rings. The molecule has 5 rings (SSSR count). The minimum absolute atomic E-state index is 0.0259. The number of aromatic nitrogens is 4. The van der Waals surface area contributed by atoms with Crippen molar-refractivity contribution in [2.45, 2.75) is 32.0 Å². The molecule has 0 bridgehead atoms. The van der Waals surface area contributed by atoms with Crippen molar-refractivity contribution >= 4 is 11.6 Å². The number of carbonyl (C=O) groups is 1. The second kappa shape index (κ2) is 6.96. The van der Waals surface area contributed by atoms with Gasteiger partial charge in [0.15, 0.2) is 22.9 Å². The molecule has 0 radical (unpaired) electrons. The highest BCUT2D eigenvalue weighted by Crippen LogP contribution is 2.36. The van der Waals surface area contributed by atoms with E-state index in [4.69, 9.17) is 8.94 Å². The van der Waals surface area contributed by atoms with Crippen molar-refractivity contribution in [1.29, 1.82) is 0 Å². The van der Waals surface area contributed by atoms with Gasteiger partial charge in [-0.1, -0.05) is 5.16 Å². The monoisotopic (exact) mass is 431 g/mol. The quantitative estimate of drug-likeness (QED) is 0.481. The number of likely N-dealkylation sites (tertiary alicyclic amines) is 1. The van der Waals surface area contributed by atoms with Gasteiger partial charge in [-0.05, 0) is 38.0 Å². The number of nitrogens with zero attached hydrogens (tertiary/aromatic N) is 5. The largest absolute Gasteiger partial charge is 0.463 e. The van der Waals surface area contributed by atoms with Crippen LogP contribution in [-0.2, 0) is 6.18 Å². The number of rotatable bonds is 3. The fourth-order valence-electron chi connectivity index (χ4n) is 3.87. The molecule has 8 nitrogen and oxygen atoms in total. The summed E-state index contributed by atoms with van der Waals surface area (Å²) in [4.78, 5) is 19.2. The van der Waals surface area contributed by atoms with Crippen LogP contribution in [0.1, 0.15) is 46.4 Å². The average molecular weight is 431 g/mol. The molecule has 160 valence electrons. The Morgan fingerprint density at radius 1 is 1.29 bits per heavy atom. The first-order valence-electron chi connectivity index (χ1n) is 9.57. The van der Waals surface area contributed by atoms with Crippen molar-refractivity contribution in [2.75, 3.05) is 6.54 Å². The second-order valence-electron chi connectivity index (χ2n) is 7.32. The van der Waals surface area contributed by atoms with Crippen molar-refractivity contribution in [2.24, 2.45) is 0 Å². The number of hydrogen-bond acceptors (Lipinski definition) is 6. The first-order chi connectivity index (χ1) is 14.8.